The highest BCUT2D eigenvalue weighted by molar-refractivity contribution is 9.11. The van der Waals surface area contributed by atoms with Gasteiger partial charge in [0.05, 0.1) is 0 Å². The minimum Gasteiger partial charge on any atom is -0.0700 e. The summed E-state index contributed by atoms with van der Waals surface area (Å²) in [5.41, 5.74) is 3.88. The summed E-state index contributed by atoms with van der Waals surface area (Å²) in [7, 11) is 0. The minimum atomic E-state index is 0.253. The van der Waals surface area contributed by atoms with Crippen LogP contribution in [0, 0.1) is 17.3 Å². The second-order valence-corrected chi connectivity index (χ2v) is 8.94. The lowest BCUT2D eigenvalue weighted by molar-refractivity contribution is 0.145. The normalized spacial score (nSPS) is 39.0. The van der Waals surface area contributed by atoms with E-state index < -0.39 is 0 Å². The van der Waals surface area contributed by atoms with E-state index >= 15 is 0 Å². The van der Waals surface area contributed by atoms with E-state index in [4.69, 9.17) is 0 Å². The third kappa shape index (κ3) is 1.26. The van der Waals surface area contributed by atoms with Gasteiger partial charge in [0.25, 0.3) is 0 Å². The second-order valence-electron chi connectivity index (χ2n) is 7.92. The van der Waals surface area contributed by atoms with Crippen LogP contribution in [0.3, 0.4) is 0 Å². The van der Waals surface area contributed by atoms with Crippen molar-refractivity contribution in [3.05, 3.63) is 82.3 Å². The van der Waals surface area contributed by atoms with Gasteiger partial charge in [-0.05, 0) is 39.3 Å². The highest BCUT2D eigenvalue weighted by atomic mass is 79.9. The maximum absolute atomic E-state index is 3.80. The summed E-state index contributed by atoms with van der Waals surface area (Å²) in [5, 5.41) is 0. The number of rotatable bonds is 2. The van der Waals surface area contributed by atoms with Crippen molar-refractivity contribution in [2.75, 3.05) is 0 Å². The summed E-state index contributed by atoms with van der Waals surface area (Å²) in [4.78, 5) is 0. The van der Waals surface area contributed by atoms with Crippen LogP contribution in [0.5, 0.6) is 0 Å². The standard InChI is InChI=1S/C22H21Br/c1-20(2)21(15-9-5-3-6-10-15)18-13-17(23)14-19(18)22(20,21)16-11-7-4-8-12-16/h3-13,18-19H,14H2,1-2H3/t18-,19+,21+,22-/m1/s1. The van der Waals surface area contributed by atoms with Gasteiger partial charge in [0, 0.05) is 10.8 Å². The predicted molar refractivity (Wildman–Crippen MR) is 98.6 cm³/mol. The molecular weight excluding hydrogens is 344 g/mol. The summed E-state index contributed by atoms with van der Waals surface area (Å²) >= 11 is 3.80. The number of hydrogen-bond acceptors (Lipinski definition) is 0. The van der Waals surface area contributed by atoms with Crippen molar-refractivity contribution in [1.29, 1.82) is 0 Å². The zero-order valence-electron chi connectivity index (χ0n) is 13.6. The van der Waals surface area contributed by atoms with Gasteiger partial charge < -0.3 is 0 Å². The molecule has 0 unspecified atom stereocenters. The smallest absolute Gasteiger partial charge is 0.0184 e. The minimum absolute atomic E-state index is 0.253. The highest BCUT2D eigenvalue weighted by Gasteiger charge is 2.95. The van der Waals surface area contributed by atoms with Crippen molar-refractivity contribution in [1.82, 2.24) is 0 Å². The van der Waals surface area contributed by atoms with E-state index in [0.717, 1.165) is 5.92 Å². The second kappa shape index (κ2) is 4.19. The third-order valence-corrected chi connectivity index (χ3v) is 7.84. The fraction of sp³-hybridized carbons (Fsp3) is 0.364. The Morgan fingerprint density at radius 2 is 1.35 bits per heavy atom. The molecule has 0 aromatic heterocycles. The maximum Gasteiger partial charge on any atom is 0.0184 e. The van der Waals surface area contributed by atoms with Crippen LogP contribution in [0.25, 0.3) is 0 Å². The van der Waals surface area contributed by atoms with Gasteiger partial charge in [0.2, 0.25) is 0 Å². The van der Waals surface area contributed by atoms with Crippen molar-refractivity contribution < 1.29 is 0 Å². The molecule has 0 bridgehead atoms. The van der Waals surface area contributed by atoms with Crippen LogP contribution in [0.2, 0.25) is 0 Å². The van der Waals surface area contributed by atoms with Crippen molar-refractivity contribution in [2.45, 2.75) is 31.1 Å². The Hall–Kier alpha value is -1.34. The summed E-state index contributed by atoms with van der Waals surface area (Å²) in [5.74, 6) is 1.39. The highest BCUT2D eigenvalue weighted by Crippen LogP contribution is 2.94. The first-order chi connectivity index (χ1) is 11.1. The van der Waals surface area contributed by atoms with Crippen molar-refractivity contribution in [3.63, 3.8) is 0 Å². The molecule has 3 aliphatic carbocycles. The molecule has 0 heterocycles. The third-order valence-electron chi connectivity index (χ3n) is 7.25. The van der Waals surface area contributed by atoms with Gasteiger partial charge >= 0.3 is 0 Å². The topological polar surface area (TPSA) is 0 Å². The quantitative estimate of drug-likeness (QED) is 0.628. The molecule has 0 spiro atoms. The lowest BCUT2D eigenvalue weighted by Crippen LogP contribution is -2.49. The fourth-order valence-corrected chi connectivity index (χ4v) is 7.47. The molecule has 2 saturated carbocycles. The van der Waals surface area contributed by atoms with Gasteiger partial charge in [0.1, 0.15) is 0 Å². The fourth-order valence-electron chi connectivity index (χ4n) is 6.83. The monoisotopic (exact) mass is 364 g/mol. The zero-order valence-corrected chi connectivity index (χ0v) is 15.2. The van der Waals surface area contributed by atoms with Crippen LogP contribution in [-0.2, 0) is 10.8 Å². The molecule has 0 nitrogen and oxygen atoms in total. The summed E-state index contributed by atoms with van der Waals surface area (Å²) in [6, 6.07) is 22.5. The van der Waals surface area contributed by atoms with E-state index in [9.17, 15) is 0 Å². The Kier molecular flexibility index (Phi) is 2.56. The van der Waals surface area contributed by atoms with Crippen molar-refractivity contribution in [3.8, 4) is 0 Å². The summed E-state index contributed by atoms with van der Waals surface area (Å²) in [6.07, 6.45) is 3.70. The van der Waals surface area contributed by atoms with Gasteiger partial charge in [-0.25, -0.2) is 0 Å². The van der Waals surface area contributed by atoms with Crippen LogP contribution in [0.1, 0.15) is 31.4 Å². The number of fused-ring (bicyclic) bond motifs is 4. The first kappa shape index (κ1) is 14.0. The van der Waals surface area contributed by atoms with E-state index in [-0.39, 0.29) is 10.8 Å². The molecule has 0 N–H and O–H groups in total. The maximum atomic E-state index is 3.80. The molecule has 23 heavy (non-hydrogen) atoms. The Morgan fingerprint density at radius 3 is 1.91 bits per heavy atom. The molecule has 0 radical (unpaired) electrons. The zero-order chi connectivity index (χ0) is 15.9. The van der Waals surface area contributed by atoms with E-state index in [1.165, 1.54) is 22.0 Å². The van der Waals surface area contributed by atoms with Crippen LogP contribution in [0.15, 0.2) is 71.2 Å². The molecule has 1 heteroatoms. The first-order valence-electron chi connectivity index (χ1n) is 8.55. The molecule has 116 valence electrons. The molecule has 4 atom stereocenters. The first-order valence-corrected chi connectivity index (χ1v) is 9.35. The Bertz CT molecular complexity index is 804. The molecule has 2 aromatic carbocycles. The van der Waals surface area contributed by atoms with Crippen LogP contribution in [-0.4, -0.2) is 0 Å². The summed E-state index contributed by atoms with van der Waals surface area (Å²) in [6.45, 7) is 4.99. The number of allylic oxidation sites excluding steroid dienone is 2. The lowest BCUT2D eigenvalue weighted by Gasteiger charge is -2.48. The molecule has 0 saturated heterocycles. The van der Waals surface area contributed by atoms with Gasteiger partial charge in [-0.3, -0.25) is 0 Å². The Balaban J connectivity index is 1.78. The molecule has 0 aliphatic heterocycles. The van der Waals surface area contributed by atoms with Crippen LogP contribution < -0.4 is 0 Å². The number of benzene rings is 2. The Morgan fingerprint density at radius 1 is 0.826 bits per heavy atom. The number of halogens is 1. The molecular formula is C22H21Br. The Labute approximate surface area is 146 Å². The average Bonchev–Trinajstić information content (AvgIpc) is 2.73. The van der Waals surface area contributed by atoms with E-state index in [2.05, 4.69) is 96.5 Å². The molecule has 3 aliphatic rings. The van der Waals surface area contributed by atoms with Gasteiger partial charge in [-0.1, -0.05) is 96.5 Å². The van der Waals surface area contributed by atoms with Gasteiger partial charge in [-0.2, -0.15) is 0 Å². The SMILES string of the molecule is CC1(C)[C@]2(c3ccccc3)[C@@H]3C=C(Br)C[C@@H]3[C@]12c1ccccc1. The van der Waals surface area contributed by atoms with Crippen LogP contribution >= 0.6 is 15.9 Å². The van der Waals surface area contributed by atoms with Gasteiger partial charge in [0.15, 0.2) is 0 Å². The van der Waals surface area contributed by atoms with Crippen LogP contribution in [0.4, 0.5) is 0 Å². The molecule has 5 rings (SSSR count). The van der Waals surface area contributed by atoms with Crippen molar-refractivity contribution >= 4 is 15.9 Å². The van der Waals surface area contributed by atoms with E-state index in [1.54, 1.807) is 0 Å². The largest absolute Gasteiger partial charge is 0.0700 e. The van der Waals surface area contributed by atoms with E-state index in [1.807, 2.05) is 0 Å². The number of hydrogen-bond donors (Lipinski definition) is 0. The van der Waals surface area contributed by atoms with Gasteiger partial charge in [-0.15, -0.1) is 0 Å². The van der Waals surface area contributed by atoms with E-state index in [0.29, 0.717) is 11.3 Å². The summed E-state index contributed by atoms with van der Waals surface area (Å²) < 4.78 is 1.40. The molecule has 2 aromatic rings. The molecule has 2 fully saturated rings. The lowest BCUT2D eigenvalue weighted by atomic mass is 9.54. The predicted octanol–water partition coefficient (Wildman–Crippen LogP) is 5.83. The average molecular weight is 365 g/mol. The van der Waals surface area contributed by atoms with Crippen molar-refractivity contribution in [2.24, 2.45) is 17.3 Å². The molecule has 0 amide bonds.